The molecule has 3 aromatic rings. The monoisotopic (exact) mass is 649 g/mol. The van der Waals surface area contributed by atoms with E-state index >= 15 is 0 Å². The topological polar surface area (TPSA) is 154 Å². The average Bonchev–Trinajstić information content (AvgIpc) is 3.05. The minimum absolute atomic E-state index is 0.0206. The molecule has 250 valence electrons. The van der Waals surface area contributed by atoms with E-state index in [0.29, 0.717) is 11.1 Å². The summed E-state index contributed by atoms with van der Waals surface area (Å²) in [6.07, 6.45) is 0.364. The highest BCUT2D eigenvalue weighted by Gasteiger charge is 2.30. The Kier molecular flexibility index (Phi) is 13.4. The molecule has 12 nitrogen and oxygen atoms in total. The average molecular weight is 650 g/mol. The summed E-state index contributed by atoms with van der Waals surface area (Å²) in [6, 6.07) is 15.0. The van der Waals surface area contributed by atoms with Crippen LogP contribution >= 0.6 is 0 Å². The molecule has 47 heavy (non-hydrogen) atoms. The quantitative estimate of drug-likeness (QED) is 0.0854. The van der Waals surface area contributed by atoms with Crippen molar-refractivity contribution < 1.29 is 52.4 Å². The van der Waals surface area contributed by atoms with Gasteiger partial charge in [0.1, 0.15) is 6.10 Å². The van der Waals surface area contributed by atoms with E-state index in [1.807, 2.05) is 0 Å². The van der Waals surface area contributed by atoms with Crippen LogP contribution in [0.1, 0.15) is 89.3 Å². The number of Topliss-reactive ketones (excluding diaryl/α,β-unsaturated/α-hetero) is 1. The van der Waals surface area contributed by atoms with Crippen molar-refractivity contribution in [3.05, 3.63) is 88.7 Å². The van der Waals surface area contributed by atoms with Crippen LogP contribution in [0.4, 0.5) is 0 Å². The maximum absolute atomic E-state index is 13.3. The van der Waals surface area contributed by atoms with Gasteiger partial charge in [-0.15, -0.1) is 0 Å². The van der Waals surface area contributed by atoms with Crippen molar-refractivity contribution in [2.75, 3.05) is 27.1 Å². The standard InChI is InChI=1S/C35H39NO11/c1-7-43-34(40)26-13-9-24(10-14-26)30(25-11-15-27(16-12-25)35(41)44-8-2)22(4)47-33(39)21(3)19-28(38)31-32(46-20-45-23(5)37)29(42-6)17-18-36-31/h9-18,21-22,30H,7-8,19-20H2,1-6H3/t21-,22+/m1/s1. The fourth-order valence-corrected chi connectivity index (χ4v) is 4.74. The van der Waals surface area contributed by atoms with E-state index in [2.05, 4.69) is 4.98 Å². The van der Waals surface area contributed by atoms with Crippen molar-refractivity contribution in [3.8, 4) is 11.5 Å². The van der Waals surface area contributed by atoms with Gasteiger partial charge < -0.3 is 28.4 Å². The first-order valence-electron chi connectivity index (χ1n) is 15.1. The Labute approximate surface area is 273 Å². The maximum atomic E-state index is 13.3. The number of esters is 4. The lowest BCUT2D eigenvalue weighted by Crippen LogP contribution is -2.28. The first-order chi connectivity index (χ1) is 22.5. The number of ether oxygens (including phenoxy) is 6. The Balaban J connectivity index is 1.83. The molecule has 0 saturated carbocycles. The number of rotatable bonds is 16. The van der Waals surface area contributed by atoms with Crippen LogP contribution in [0.15, 0.2) is 60.8 Å². The highest BCUT2D eigenvalue weighted by molar-refractivity contribution is 5.99. The van der Waals surface area contributed by atoms with Gasteiger partial charge in [-0.3, -0.25) is 14.4 Å². The number of pyridine rings is 1. The Hall–Kier alpha value is -5.26. The van der Waals surface area contributed by atoms with Gasteiger partial charge in [-0.05, 0) is 56.2 Å². The minimum Gasteiger partial charge on any atom is -0.493 e. The molecule has 0 spiro atoms. The van der Waals surface area contributed by atoms with Gasteiger partial charge in [-0.1, -0.05) is 31.2 Å². The van der Waals surface area contributed by atoms with Crippen LogP contribution in [0, 0.1) is 5.92 Å². The molecule has 1 aromatic heterocycles. The second kappa shape index (κ2) is 17.4. The zero-order valence-electron chi connectivity index (χ0n) is 27.3. The number of hydrogen-bond donors (Lipinski definition) is 0. The lowest BCUT2D eigenvalue weighted by molar-refractivity contribution is -0.153. The molecule has 0 bridgehead atoms. The summed E-state index contributed by atoms with van der Waals surface area (Å²) in [5, 5.41) is 0. The van der Waals surface area contributed by atoms with Gasteiger partial charge in [-0.25, -0.2) is 14.6 Å². The van der Waals surface area contributed by atoms with E-state index in [1.54, 1.807) is 76.2 Å². The smallest absolute Gasteiger partial charge is 0.338 e. The molecule has 0 aliphatic heterocycles. The molecule has 2 atom stereocenters. The molecule has 0 radical (unpaired) electrons. The molecular formula is C35H39NO11. The van der Waals surface area contributed by atoms with Crippen LogP contribution in [0.3, 0.4) is 0 Å². The van der Waals surface area contributed by atoms with Gasteiger partial charge in [0.15, 0.2) is 23.0 Å². The number of aromatic nitrogens is 1. The Bertz CT molecular complexity index is 1490. The molecule has 2 aromatic carbocycles. The zero-order chi connectivity index (χ0) is 34.5. The van der Waals surface area contributed by atoms with Crippen LogP contribution < -0.4 is 9.47 Å². The van der Waals surface area contributed by atoms with Crippen molar-refractivity contribution in [1.82, 2.24) is 4.98 Å². The van der Waals surface area contributed by atoms with E-state index in [1.165, 1.54) is 26.3 Å². The van der Waals surface area contributed by atoms with E-state index in [-0.39, 0.29) is 36.8 Å². The highest BCUT2D eigenvalue weighted by atomic mass is 16.7. The first kappa shape index (κ1) is 36.2. The number of ketones is 1. The van der Waals surface area contributed by atoms with E-state index in [0.717, 1.165) is 11.1 Å². The summed E-state index contributed by atoms with van der Waals surface area (Å²) in [5.74, 6) is -3.84. The van der Waals surface area contributed by atoms with Gasteiger partial charge in [0.2, 0.25) is 6.79 Å². The fraction of sp³-hybridized carbons (Fsp3) is 0.371. The van der Waals surface area contributed by atoms with Gasteiger partial charge in [0.05, 0.1) is 37.4 Å². The molecule has 0 unspecified atom stereocenters. The molecule has 0 saturated heterocycles. The normalized spacial score (nSPS) is 12.0. The number of benzene rings is 2. The van der Waals surface area contributed by atoms with Crippen molar-refractivity contribution >= 4 is 29.7 Å². The van der Waals surface area contributed by atoms with Gasteiger partial charge in [0, 0.05) is 31.5 Å². The van der Waals surface area contributed by atoms with Gasteiger partial charge in [0.25, 0.3) is 0 Å². The molecule has 0 fully saturated rings. The Morgan fingerprint density at radius 1 is 0.766 bits per heavy atom. The minimum atomic E-state index is -0.877. The van der Waals surface area contributed by atoms with Crippen molar-refractivity contribution in [2.45, 2.75) is 53.1 Å². The summed E-state index contributed by atoms with van der Waals surface area (Å²) < 4.78 is 31.7. The molecule has 12 heteroatoms. The van der Waals surface area contributed by atoms with Gasteiger partial charge in [-0.2, -0.15) is 0 Å². The van der Waals surface area contributed by atoms with Crippen molar-refractivity contribution in [3.63, 3.8) is 0 Å². The van der Waals surface area contributed by atoms with Crippen LogP contribution in [-0.2, 0) is 28.5 Å². The van der Waals surface area contributed by atoms with Crippen molar-refractivity contribution in [1.29, 1.82) is 0 Å². The highest BCUT2D eigenvalue weighted by Crippen LogP contribution is 2.33. The molecule has 0 N–H and O–H groups in total. The number of methoxy groups -OCH3 is 1. The Morgan fingerprint density at radius 3 is 1.77 bits per heavy atom. The molecule has 0 amide bonds. The fourth-order valence-electron chi connectivity index (χ4n) is 4.74. The summed E-state index contributed by atoms with van der Waals surface area (Å²) in [6.45, 7) is 7.95. The maximum Gasteiger partial charge on any atom is 0.338 e. The second-order valence-electron chi connectivity index (χ2n) is 10.4. The largest absolute Gasteiger partial charge is 0.493 e. The summed E-state index contributed by atoms with van der Waals surface area (Å²) in [4.78, 5) is 66.4. The number of nitrogens with zero attached hydrogens (tertiary/aromatic N) is 1. The molecule has 1 heterocycles. The van der Waals surface area contributed by atoms with E-state index < -0.39 is 54.4 Å². The molecular weight excluding hydrogens is 610 g/mol. The van der Waals surface area contributed by atoms with Crippen LogP contribution in [0.2, 0.25) is 0 Å². The van der Waals surface area contributed by atoms with Crippen LogP contribution in [-0.4, -0.2) is 67.9 Å². The van der Waals surface area contributed by atoms with Crippen LogP contribution in [0.5, 0.6) is 11.5 Å². The van der Waals surface area contributed by atoms with Crippen molar-refractivity contribution in [2.24, 2.45) is 5.92 Å². The molecule has 3 rings (SSSR count). The first-order valence-corrected chi connectivity index (χ1v) is 15.1. The predicted molar refractivity (Wildman–Crippen MR) is 168 cm³/mol. The van der Waals surface area contributed by atoms with Crippen LogP contribution in [0.25, 0.3) is 0 Å². The van der Waals surface area contributed by atoms with E-state index in [4.69, 9.17) is 28.4 Å². The Morgan fingerprint density at radius 2 is 1.30 bits per heavy atom. The summed E-state index contributed by atoms with van der Waals surface area (Å²) in [5.41, 5.74) is 2.12. The third kappa shape index (κ3) is 9.86. The van der Waals surface area contributed by atoms with Gasteiger partial charge >= 0.3 is 23.9 Å². The summed E-state index contributed by atoms with van der Waals surface area (Å²) >= 11 is 0. The second-order valence-corrected chi connectivity index (χ2v) is 10.4. The number of carbonyl (C=O) groups excluding carboxylic acids is 5. The number of hydrogen-bond acceptors (Lipinski definition) is 12. The summed E-state index contributed by atoms with van der Waals surface area (Å²) in [7, 11) is 1.38. The third-order valence-corrected chi connectivity index (χ3v) is 7.05. The SMILES string of the molecule is CCOC(=O)c1ccc(C(c2ccc(C(=O)OCC)cc2)[C@H](C)OC(=O)[C@H](C)CC(=O)c2nccc(OC)c2OCOC(C)=O)cc1. The predicted octanol–water partition coefficient (Wildman–Crippen LogP) is 5.32. The number of carbonyl (C=O) groups is 5. The zero-order valence-corrected chi connectivity index (χ0v) is 27.3. The third-order valence-electron chi connectivity index (χ3n) is 7.05. The lowest BCUT2D eigenvalue weighted by Gasteiger charge is -2.26. The van der Waals surface area contributed by atoms with E-state index in [9.17, 15) is 24.0 Å². The molecule has 0 aliphatic carbocycles. The lowest BCUT2D eigenvalue weighted by atomic mass is 9.86. The molecule has 0 aliphatic rings.